The Morgan fingerprint density at radius 3 is 2.78 bits per heavy atom. The summed E-state index contributed by atoms with van der Waals surface area (Å²) in [6.07, 6.45) is -0.274. The predicted octanol–water partition coefficient (Wildman–Crippen LogP) is 3.23. The number of hydrogen-bond acceptors (Lipinski definition) is 4. The molecule has 1 aliphatic heterocycles. The van der Waals surface area contributed by atoms with Crippen molar-refractivity contribution in [2.24, 2.45) is 5.41 Å². The number of carboxylic acids is 1. The molecule has 5 nitrogen and oxygen atoms in total. The summed E-state index contributed by atoms with van der Waals surface area (Å²) in [5.41, 5.74) is 0.512. The molecule has 0 aliphatic carbocycles. The van der Waals surface area contributed by atoms with Gasteiger partial charge in [0.05, 0.1) is 13.2 Å². The number of methoxy groups -OCH3 is 1. The smallest absolute Gasteiger partial charge is 0.313 e. The van der Waals surface area contributed by atoms with E-state index in [-0.39, 0.29) is 13.0 Å². The third-order valence-electron chi connectivity index (χ3n) is 5.29. The van der Waals surface area contributed by atoms with Crippen molar-refractivity contribution >= 4 is 17.6 Å². The van der Waals surface area contributed by atoms with Crippen LogP contribution in [0.3, 0.4) is 0 Å². The summed E-state index contributed by atoms with van der Waals surface area (Å²) in [4.78, 5) is 14.3. The summed E-state index contributed by atoms with van der Waals surface area (Å²) in [6.45, 7) is 1.44. The van der Waals surface area contributed by atoms with Crippen LogP contribution in [0.4, 0.5) is 0 Å². The fraction of sp³-hybridized carbons (Fsp3) is 0.381. The minimum absolute atomic E-state index is 0.236. The first-order valence-corrected chi connectivity index (χ1v) is 9.32. The van der Waals surface area contributed by atoms with Crippen molar-refractivity contribution in [3.63, 3.8) is 0 Å². The number of carbonyl (C=O) groups is 1. The summed E-state index contributed by atoms with van der Waals surface area (Å²) < 4.78 is 5.24. The maximum absolute atomic E-state index is 12.3. The second-order valence-electron chi connectivity index (χ2n) is 7.10. The van der Waals surface area contributed by atoms with Crippen LogP contribution in [0.15, 0.2) is 48.5 Å². The average Bonchev–Trinajstić information content (AvgIpc) is 2.66. The number of carboxylic acid groups (broad SMARTS) is 1. The van der Waals surface area contributed by atoms with Crippen molar-refractivity contribution in [1.29, 1.82) is 0 Å². The van der Waals surface area contributed by atoms with Crippen LogP contribution >= 0.6 is 11.6 Å². The Morgan fingerprint density at radius 2 is 2.07 bits per heavy atom. The number of piperidine rings is 1. The van der Waals surface area contributed by atoms with Crippen LogP contribution in [0.25, 0.3) is 0 Å². The molecule has 0 radical (unpaired) electrons. The van der Waals surface area contributed by atoms with E-state index in [1.54, 1.807) is 7.11 Å². The predicted molar refractivity (Wildman–Crippen MR) is 104 cm³/mol. The minimum atomic E-state index is -1.27. The molecule has 2 N–H and O–H groups in total. The second-order valence-corrected chi connectivity index (χ2v) is 7.50. The van der Waals surface area contributed by atoms with Gasteiger partial charge >= 0.3 is 5.97 Å². The zero-order chi connectivity index (χ0) is 19.4. The summed E-state index contributed by atoms with van der Waals surface area (Å²) in [5, 5.41) is 21.4. The third kappa shape index (κ3) is 4.26. The third-order valence-corrected chi connectivity index (χ3v) is 5.66. The largest absolute Gasteiger partial charge is 0.497 e. The molecule has 0 bridgehead atoms. The molecule has 1 saturated heterocycles. The van der Waals surface area contributed by atoms with Crippen molar-refractivity contribution in [3.05, 3.63) is 64.7 Å². The Hall–Kier alpha value is -2.08. The summed E-state index contributed by atoms with van der Waals surface area (Å²) in [7, 11) is 1.58. The zero-order valence-electron chi connectivity index (χ0n) is 15.3. The lowest BCUT2D eigenvalue weighted by Gasteiger charge is -2.43. The van der Waals surface area contributed by atoms with Gasteiger partial charge in [-0.1, -0.05) is 41.9 Å². The lowest BCUT2D eigenvalue weighted by molar-refractivity contribution is -0.163. The van der Waals surface area contributed by atoms with Crippen LogP contribution in [-0.4, -0.2) is 47.4 Å². The molecule has 0 spiro atoms. The molecule has 1 aliphatic rings. The number of aliphatic hydroxyl groups is 1. The molecule has 0 aromatic heterocycles. The first-order chi connectivity index (χ1) is 12.9. The number of rotatable bonds is 6. The Labute approximate surface area is 164 Å². The topological polar surface area (TPSA) is 70.0 Å². The maximum Gasteiger partial charge on any atom is 0.313 e. The van der Waals surface area contributed by atoms with Crippen LogP contribution in [0.2, 0.25) is 5.02 Å². The van der Waals surface area contributed by atoms with Gasteiger partial charge < -0.3 is 14.9 Å². The Kier molecular flexibility index (Phi) is 6.05. The van der Waals surface area contributed by atoms with Gasteiger partial charge in [0.2, 0.25) is 0 Å². The molecule has 0 unspecified atom stereocenters. The van der Waals surface area contributed by atoms with Crippen LogP contribution < -0.4 is 4.74 Å². The maximum atomic E-state index is 12.3. The van der Waals surface area contributed by atoms with Crippen molar-refractivity contribution in [3.8, 4) is 5.75 Å². The van der Waals surface area contributed by atoms with Crippen molar-refractivity contribution in [1.82, 2.24) is 4.90 Å². The molecule has 1 heterocycles. The van der Waals surface area contributed by atoms with Gasteiger partial charge in [-0.15, -0.1) is 0 Å². The van der Waals surface area contributed by atoms with E-state index in [0.29, 0.717) is 30.3 Å². The highest BCUT2D eigenvalue weighted by molar-refractivity contribution is 6.31. The minimum Gasteiger partial charge on any atom is -0.497 e. The Bertz CT molecular complexity index is 812. The summed E-state index contributed by atoms with van der Waals surface area (Å²) >= 11 is 6.26. The quantitative estimate of drug-likeness (QED) is 0.793. The number of ether oxygens (including phenoxy) is 1. The van der Waals surface area contributed by atoms with E-state index in [0.717, 1.165) is 11.1 Å². The van der Waals surface area contributed by atoms with Crippen LogP contribution in [0.1, 0.15) is 17.5 Å². The van der Waals surface area contributed by atoms with E-state index >= 15 is 0 Å². The molecule has 0 saturated carbocycles. The lowest BCUT2D eigenvalue weighted by atomic mass is 9.72. The molecular formula is C21H24ClNO4. The highest BCUT2D eigenvalue weighted by atomic mass is 35.5. The van der Waals surface area contributed by atoms with Gasteiger partial charge in [-0.3, -0.25) is 9.69 Å². The fourth-order valence-corrected chi connectivity index (χ4v) is 3.97. The van der Waals surface area contributed by atoms with Crippen LogP contribution in [-0.2, 0) is 17.8 Å². The lowest BCUT2D eigenvalue weighted by Crippen LogP contribution is -2.56. The molecular weight excluding hydrogens is 366 g/mol. The summed E-state index contributed by atoms with van der Waals surface area (Å²) in [6, 6.07) is 14.9. The van der Waals surface area contributed by atoms with Gasteiger partial charge in [-0.05, 0) is 42.2 Å². The molecule has 3 rings (SSSR count). The zero-order valence-corrected chi connectivity index (χ0v) is 16.0. The van der Waals surface area contributed by atoms with E-state index in [9.17, 15) is 15.0 Å². The SMILES string of the molecule is COc1cccc(C[C@@]2(C(=O)O)CN(Cc3ccccc3Cl)CC[C@H]2O)c1. The number of benzene rings is 2. The highest BCUT2D eigenvalue weighted by Crippen LogP contribution is 2.36. The Morgan fingerprint density at radius 1 is 1.30 bits per heavy atom. The first kappa shape index (κ1) is 19.7. The molecule has 1 fully saturated rings. The van der Waals surface area contributed by atoms with Gasteiger partial charge in [-0.2, -0.15) is 0 Å². The summed E-state index contributed by atoms with van der Waals surface area (Å²) in [5.74, 6) is -0.312. The van der Waals surface area contributed by atoms with Crippen molar-refractivity contribution in [2.75, 3.05) is 20.2 Å². The standard InChI is InChI=1S/C21H24ClNO4/c1-27-17-7-4-5-15(11-17)12-21(20(25)26)14-23(10-9-19(21)24)13-16-6-2-3-8-18(16)22/h2-8,11,19,24H,9-10,12-14H2,1H3,(H,25,26)/t19-,21-/m1/s1. The van der Waals surface area contributed by atoms with Crippen LogP contribution in [0.5, 0.6) is 5.75 Å². The molecule has 27 heavy (non-hydrogen) atoms. The van der Waals surface area contributed by atoms with E-state index in [2.05, 4.69) is 4.90 Å². The van der Waals surface area contributed by atoms with Gasteiger partial charge in [0.1, 0.15) is 11.2 Å². The van der Waals surface area contributed by atoms with E-state index in [1.807, 2.05) is 48.5 Å². The van der Waals surface area contributed by atoms with Gasteiger partial charge in [0, 0.05) is 24.7 Å². The number of aliphatic carboxylic acids is 1. The normalized spacial score (nSPS) is 23.1. The fourth-order valence-electron chi connectivity index (χ4n) is 3.77. The molecule has 2 atom stereocenters. The van der Waals surface area contributed by atoms with Gasteiger partial charge in [0.25, 0.3) is 0 Å². The molecule has 0 amide bonds. The van der Waals surface area contributed by atoms with Gasteiger partial charge in [0.15, 0.2) is 0 Å². The van der Waals surface area contributed by atoms with E-state index < -0.39 is 17.5 Å². The highest BCUT2D eigenvalue weighted by Gasteiger charge is 2.49. The van der Waals surface area contributed by atoms with Gasteiger partial charge in [-0.25, -0.2) is 0 Å². The van der Waals surface area contributed by atoms with Crippen molar-refractivity contribution < 1.29 is 19.7 Å². The number of aliphatic hydroxyl groups excluding tert-OH is 1. The molecule has 2 aromatic rings. The second kappa shape index (κ2) is 8.30. The molecule has 144 valence electrons. The number of likely N-dealkylation sites (tertiary alicyclic amines) is 1. The molecule has 6 heteroatoms. The number of nitrogens with zero attached hydrogens (tertiary/aromatic N) is 1. The van der Waals surface area contributed by atoms with Crippen molar-refractivity contribution in [2.45, 2.75) is 25.5 Å². The van der Waals surface area contributed by atoms with Crippen LogP contribution in [0, 0.1) is 5.41 Å². The Balaban J connectivity index is 1.85. The molecule has 2 aromatic carbocycles. The number of hydrogen-bond donors (Lipinski definition) is 2. The monoisotopic (exact) mass is 389 g/mol. The first-order valence-electron chi connectivity index (χ1n) is 8.95. The van der Waals surface area contributed by atoms with E-state index in [4.69, 9.17) is 16.3 Å². The number of halogens is 1. The average molecular weight is 390 g/mol. The van der Waals surface area contributed by atoms with E-state index in [1.165, 1.54) is 0 Å².